The van der Waals surface area contributed by atoms with Crippen LogP contribution in [0.2, 0.25) is 5.02 Å². The number of hydrogen-bond acceptors (Lipinski definition) is 3. The van der Waals surface area contributed by atoms with Gasteiger partial charge in [0.25, 0.3) is 0 Å². The van der Waals surface area contributed by atoms with Crippen LogP contribution in [0.15, 0.2) is 12.3 Å². The number of halogens is 2. The van der Waals surface area contributed by atoms with E-state index in [-0.39, 0.29) is 5.82 Å². The molecule has 0 bridgehead atoms. The first-order valence-electron chi connectivity index (χ1n) is 6.42. The van der Waals surface area contributed by atoms with E-state index in [1.165, 1.54) is 37.9 Å². The number of aromatic nitrogens is 1. The van der Waals surface area contributed by atoms with E-state index < -0.39 is 5.82 Å². The smallest absolute Gasteiger partial charge is 0.166 e. The number of hydrogen-bond donors (Lipinski definition) is 1. The quantitative estimate of drug-likeness (QED) is 0.892. The molecule has 1 fully saturated rings. The van der Waals surface area contributed by atoms with Gasteiger partial charge in [0, 0.05) is 25.3 Å². The topological polar surface area (TPSA) is 28.2 Å². The molecule has 0 amide bonds. The maximum absolute atomic E-state index is 13.5. The van der Waals surface area contributed by atoms with Crippen molar-refractivity contribution in [2.75, 3.05) is 25.5 Å². The summed E-state index contributed by atoms with van der Waals surface area (Å²) in [7, 11) is 2.13. The van der Waals surface area contributed by atoms with Crippen molar-refractivity contribution in [1.82, 2.24) is 9.88 Å². The van der Waals surface area contributed by atoms with Crippen LogP contribution in [0, 0.1) is 5.82 Å². The molecule has 0 saturated heterocycles. The van der Waals surface area contributed by atoms with E-state index in [9.17, 15) is 4.39 Å². The maximum Gasteiger partial charge on any atom is 0.166 e. The number of nitrogens with one attached hydrogen (secondary N) is 1. The summed E-state index contributed by atoms with van der Waals surface area (Å²) in [4.78, 5) is 6.28. The summed E-state index contributed by atoms with van der Waals surface area (Å²) in [6, 6.07) is 1.97. The molecular formula is C13H19ClFN3. The summed E-state index contributed by atoms with van der Waals surface area (Å²) in [5.74, 6) is -0.120. The number of likely N-dealkylation sites (N-methyl/N-ethyl adjacent to an activating group) is 1. The number of pyridine rings is 1. The first-order valence-corrected chi connectivity index (χ1v) is 6.80. The predicted molar refractivity (Wildman–Crippen MR) is 72.6 cm³/mol. The zero-order chi connectivity index (χ0) is 13.0. The molecule has 18 heavy (non-hydrogen) atoms. The zero-order valence-corrected chi connectivity index (χ0v) is 11.4. The second kappa shape index (κ2) is 6.34. The van der Waals surface area contributed by atoms with Gasteiger partial charge in [0.15, 0.2) is 11.6 Å². The number of nitrogens with zero attached hydrogens (tertiary/aromatic N) is 2. The Balaban J connectivity index is 1.77. The first kappa shape index (κ1) is 13.6. The molecule has 100 valence electrons. The summed E-state index contributed by atoms with van der Waals surface area (Å²) in [5.41, 5.74) is 0. The second-order valence-corrected chi connectivity index (χ2v) is 5.27. The van der Waals surface area contributed by atoms with Gasteiger partial charge in [-0.3, -0.25) is 0 Å². The van der Waals surface area contributed by atoms with Crippen molar-refractivity contribution in [2.45, 2.75) is 31.7 Å². The van der Waals surface area contributed by atoms with E-state index in [0.29, 0.717) is 17.6 Å². The Bertz CT molecular complexity index is 394. The highest BCUT2D eigenvalue weighted by molar-refractivity contribution is 6.30. The van der Waals surface area contributed by atoms with Crippen LogP contribution in [0.5, 0.6) is 0 Å². The molecule has 0 unspecified atom stereocenters. The van der Waals surface area contributed by atoms with Gasteiger partial charge in [-0.05, 0) is 26.0 Å². The fourth-order valence-corrected chi connectivity index (χ4v) is 2.57. The molecule has 0 radical (unpaired) electrons. The fourth-order valence-electron chi connectivity index (χ4n) is 2.42. The monoisotopic (exact) mass is 271 g/mol. The lowest BCUT2D eigenvalue weighted by Gasteiger charge is -2.24. The molecule has 0 atom stereocenters. The summed E-state index contributed by atoms with van der Waals surface area (Å²) in [6.45, 7) is 1.59. The number of rotatable bonds is 5. The molecule has 0 aliphatic heterocycles. The van der Waals surface area contributed by atoms with Crippen LogP contribution in [-0.4, -0.2) is 36.1 Å². The van der Waals surface area contributed by atoms with Gasteiger partial charge in [-0.2, -0.15) is 0 Å². The minimum Gasteiger partial charge on any atom is -0.366 e. The van der Waals surface area contributed by atoms with Crippen LogP contribution >= 0.6 is 11.6 Å². The van der Waals surface area contributed by atoms with Gasteiger partial charge in [0.2, 0.25) is 0 Å². The van der Waals surface area contributed by atoms with Crippen molar-refractivity contribution in [3.8, 4) is 0 Å². The molecule has 3 nitrogen and oxygen atoms in total. The van der Waals surface area contributed by atoms with Crippen LogP contribution in [0.3, 0.4) is 0 Å². The maximum atomic E-state index is 13.5. The molecule has 1 aromatic heterocycles. The lowest BCUT2D eigenvalue weighted by atomic mass is 10.2. The van der Waals surface area contributed by atoms with E-state index in [2.05, 4.69) is 22.2 Å². The van der Waals surface area contributed by atoms with E-state index in [4.69, 9.17) is 11.6 Å². The Morgan fingerprint density at radius 3 is 2.89 bits per heavy atom. The van der Waals surface area contributed by atoms with Crippen LogP contribution in [-0.2, 0) is 0 Å². The highest BCUT2D eigenvalue weighted by Crippen LogP contribution is 2.22. The van der Waals surface area contributed by atoms with Crippen molar-refractivity contribution in [3.63, 3.8) is 0 Å². The fraction of sp³-hybridized carbons (Fsp3) is 0.615. The average molecular weight is 272 g/mol. The molecule has 1 aromatic rings. The van der Waals surface area contributed by atoms with Crippen molar-refractivity contribution in [2.24, 2.45) is 0 Å². The third-order valence-corrected chi connectivity index (χ3v) is 3.72. The number of anilines is 1. The van der Waals surface area contributed by atoms with Crippen LogP contribution in [0.25, 0.3) is 0 Å². The molecule has 1 aliphatic carbocycles. The largest absolute Gasteiger partial charge is 0.366 e. The SMILES string of the molecule is CN(CCNc1ncc(Cl)cc1F)C1CCCC1. The normalized spacial score (nSPS) is 16.4. The van der Waals surface area contributed by atoms with E-state index in [0.717, 1.165) is 6.54 Å². The van der Waals surface area contributed by atoms with Crippen LogP contribution < -0.4 is 5.32 Å². The molecule has 1 aliphatic rings. The van der Waals surface area contributed by atoms with Gasteiger partial charge < -0.3 is 10.2 Å². The molecule has 0 aromatic carbocycles. The molecule has 5 heteroatoms. The van der Waals surface area contributed by atoms with Crippen molar-refractivity contribution < 1.29 is 4.39 Å². The first-order chi connectivity index (χ1) is 8.66. The third-order valence-electron chi connectivity index (χ3n) is 3.51. The van der Waals surface area contributed by atoms with Gasteiger partial charge in [0.1, 0.15) is 0 Å². The Hall–Kier alpha value is -0.870. The second-order valence-electron chi connectivity index (χ2n) is 4.83. The molecule has 1 N–H and O–H groups in total. The van der Waals surface area contributed by atoms with Gasteiger partial charge in [-0.25, -0.2) is 9.37 Å². The summed E-state index contributed by atoms with van der Waals surface area (Å²) in [6.07, 6.45) is 6.67. The summed E-state index contributed by atoms with van der Waals surface area (Å²) < 4.78 is 13.5. The summed E-state index contributed by atoms with van der Waals surface area (Å²) >= 11 is 5.65. The third kappa shape index (κ3) is 3.56. The Morgan fingerprint density at radius 2 is 2.22 bits per heavy atom. The highest BCUT2D eigenvalue weighted by atomic mass is 35.5. The Kier molecular flexibility index (Phi) is 4.78. The molecule has 2 rings (SSSR count). The van der Waals surface area contributed by atoms with E-state index in [1.54, 1.807) is 0 Å². The van der Waals surface area contributed by atoms with Gasteiger partial charge in [0.05, 0.1) is 5.02 Å². The Labute approximate surface area is 112 Å². The average Bonchev–Trinajstić information content (AvgIpc) is 2.85. The standard InChI is InChI=1S/C13H19ClFN3/c1-18(11-4-2-3-5-11)7-6-16-13-12(15)8-10(14)9-17-13/h8-9,11H,2-7H2,1H3,(H,16,17). The molecular weight excluding hydrogens is 253 g/mol. The van der Waals surface area contributed by atoms with Gasteiger partial charge in [-0.1, -0.05) is 24.4 Å². The van der Waals surface area contributed by atoms with E-state index >= 15 is 0 Å². The minimum atomic E-state index is -0.397. The highest BCUT2D eigenvalue weighted by Gasteiger charge is 2.18. The lowest BCUT2D eigenvalue weighted by molar-refractivity contribution is 0.254. The minimum absolute atomic E-state index is 0.277. The summed E-state index contributed by atoms with van der Waals surface area (Å²) in [5, 5.41) is 3.33. The van der Waals surface area contributed by atoms with Gasteiger partial charge in [-0.15, -0.1) is 0 Å². The van der Waals surface area contributed by atoms with Gasteiger partial charge >= 0.3 is 0 Å². The lowest BCUT2D eigenvalue weighted by Crippen LogP contribution is -2.33. The van der Waals surface area contributed by atoms with Crippen molar-refractivity contribution >= 4 is 17.4 Å². The predicted octanol–water partition coefficient (Wildman–Crippen LogP) is 3.16. The molecule has 1 saturated carbocycles. The van der Waals surface area contributed by atoms with E-state index in [1.807, 2.05) is 0 Å². The Morgan fingerprint density at radius 1 is 1.50 bits per heavy atom. The zero-order valence-electron chi connectivity index (χ0n) is 10.6. The molecule has 1 heterocycles. The van der Waals surface area contributed by atoms with Crippen LogP contribution in [0.4, 0.5) is 10.2 Å². The van der Waals surface area contributed by atoms with Crippen molar-refractivity contribution in [3.05, 3.63) is 23.1 Å². The van der Waals surface area contributed by atoms with Crippen molar-refractivity contribution in [1.29, 1.82) is 0 Å². The van der Waals surface area contributed by atoms with Crippen LogP contribution in [0.1, 0.15) is 25.7 Å². The molecule has 0 spiro atoms.